The van der Waals surface area contributed by atoms with E-state index in [1.165, 1.54) is 32.1 Å². The molecule has 0 unspecified atom stereocenters. The lowest BCUT2D eigenvalue weighted by Gasteiger charge is -2.41. The van der Waals surface area contributed by atoms with Crippen LogP contribution in [0, 0.1) is 5.41 Å². The molecule has 0 aromatic carbocycles. The number of ether oxygens (including phenoxy) is 1. The van der Waals surface area contributed by atoms with E-state index in [2.05, 4.69) is 15.8 Å². The zero-order valence-electron chi connectivity index (χ0n) is 17.3. The van der Waals surface area contributed by atoms with Crippen LogP contribution in [-0.2, 0) is 9.57 Å². The van der Waals surface area contributed by atoms with Gasteiger partial charge < -0.3 is 30.8 Å². The molecule has 0 aromatic rings. The summed E-state index contributed by atoms with van der Waals surface area (Å²) in [5, 5.41) is 19.6. The van der Waals surface area contributed by atoms with E-state index in [-0.39, 0.29) is 6.10 Å². The van der Waals surface area contributed by atoms with Crippen molar-refractivity contribution in [3.8, 4) is 0 Å². The lowest BCUT2D eigenvalue weighted by atomic mass is 9.92. The molecule has 0 aromatic heterocycles. The van der Waals surface area contributed by atoms with E-state index >= 15 is 0 Å². The number of hydrogen-bond acceptors (Lipinski definition) is 7. The second kappa shape index (κ2) is 9.43. The molecule has 28 heavy (non-hydrogen) atoms. The zero-order valence-corrected chi connectivity index (χ0v) is 17.3. The predicted octanol–water partition coefficient (Wildman–Crippen LogP) is 2.00. The van der Waals surface area contributed by atoms with Gasteiger partial charge in [0.05, 0.1) is 11.7 Å². The summed E-state index contributed by atoms with van der Waals surface area (Å²) in [4.78, 5) is 7.40. The minimum Gasteiger partial charge on any atom is -0.402 e. The van der Waals surface area contributed by atoms with Crippen molar-refractivity contribution in [1.29, 1.82) is 5.41 Å². The van der Waals surface area contributed by atoms with Gasteiger partial charge in [0, 0.05) is 38.0 Å². The van der Waals surface area contributed by atoms with Crippen molar-refractivity contribution in [2.75, 3.05) is 20.2 Å². The molecule has 0 bridgehead atoms. The number of oxime groups is 1. The number of amidine groups is 2. The van der Waals surface area contributed by atoms with Crippen LogP contribution in [0.3, 0.4) is 0 Å². The fourth-order valence-corrected chi connectivity index (χ4v) is 4.20. The van der Waals surface area contributed by atoms with Gasteiger partial charge >= 0.3 is 0 Å². The van der Waals surface area contributed by atoms with Crippen LogP contribution in [0.15, 0.2) is 28.4 Å². The van der Waals surface area contributed by atoms with Crippen LogP contribution in [0.2, 0.25) is 0 Å². The van der Waals surface area contributed by atoms with Crippen LogP contribution in [0.25, 0.3) is 0 Å². The number of likely N-dealkylation sites (tertiary alicyclic amines) is 1. The molecule has 1 saturated heterocycles. The van der Waals surface area contributed by atoms with Gasteiger partial charge in [-0.25, -0.2) is 0 Å². The average molecular weight is 391 g/mol. The highest BCUT2D eigenvalue weighted by Crippen LogP contribution is 2.23. The van der Waals surface area contributed by atoms with Gasteiger partial charge in [-0.05, 0) is 39.2 Å². The summed E-state index contributed by atoms with van der Waals surface area (Å²) in [6, 6.07) is 0.922. The molecule has 8 heteroatoms. The van der Waals surface area contributed by atoms with E-state index in [9.17, 15) is 0 Å². The summed E-state index contributed by atoms with van der Waals surface area (Å²) in [7, 11) is 1.76. The van der Waals surface area contributed by atoms with Crippen LogP contribution in [0.1, 0.15) is 52.4 Å². The minimum absolute atomic E-state index is 0.0423. The number of methoxy groups -OCH3 is 1. The van der Waals surface area contributed by atoms with Crippen LogP contribution in [0.5, 0.6) is 0 Å². The van der Waals surface area contributed by atoms with E-state index in [0.29, 0.717) is 47.5 Å². The standard InChI is InChI=1S/C20H34N6O2/c1-13(21)11-16(20-23-14(2)25-28-20)19(22)26-10-9-17(18(12-26)27-3)24-15-7-5-4-6-8-15/h11,15,17-18,22,24H,4-10,12,21H2,1-3H3,(H,23,25)/b13-11-,20-16-,22-19?/t17-,18+/m1/s1. The SMILES string of the molecule is CO[C@H]1CN(C(=N)C(/C=C(/C)N)=C2/NC(C)=NO2)CC[C@H]1NC1CCCCC1. The van der Waals surface area contributed by atoms with Crippen molar-refractivity contribution in [3.05, 3.63) is 23.2 Å². The smallest absolute Gasteiger partial charge is 0.239 e. The largest absolute Gasteiger partial charge is 0.402 e. The molecule has 1 saturated carbocycles. The summed E-state index contributed by atoms with van der Waals surface area (Å²) in [5.74, 6) is 1.48. The second-order valence-corrected chi connectivity index (χ2v) is 7.99. The third-order valence-electron chi connectivity index (χ3n) is 5.67. The summed E-state index contributed by atoms with van der Waals surface area (Å²) in [6.07, 6.45) is 9.23. The predicted molar refractivity (Wildman–Crippen MR) is 111 cm³/mol. The number of nitrogens with zero attached hydrogens (tertiary/aromatic N) is 2. The van der Waals surface area contributed by atoms with Crippen LogP contribution in [-0.4, -0.2) is 55.0 Å². The average Bonchev–Trinajstić information content (AvgIpc) is 3.12. The van der Waals surface area contributed by atoms with Gasteiger partial charge in [-0.15, -0.1) is 0 Å². The molecule has 3 aliphatic rings. The summed E-state index contributed by atoms with van der Waals surface area (Å²) < 4.78 is 5.80. The van der Waals surface area contributed by atoms with Crippen LogP contribution < -0.4 is 16.4 Å². The third-order valence-corrected chi connectivity index (χ3v) is 5.67. The molecule has 2 aliphatic heterocycles. The van der Waals surface area contributed by atoms with Gasteiger partial charge in [0.2, 0.25) is 5.88 Å². The monoisotopic (exact) mass is 390 g/mol. The van der Waals surface area contributed by atoms with Gasteiger partial charge in [0.1, 0.15) is 11.7 Å². The number of piperidine rings is 1. The Morgan fingerprint density at radius 3 is 2.71 bits per heavy atom. The first-order valence-electron chi connectivity index (χ1n) is 10.3. The molecule has 1 aliphatic carbocycles. The highest BCUT2D eigenvalue weighted by molar-refractivity contribution is 6.00. The van der Waals surface area contributed by atoms with Gasteiger partial charge in [0.15, 0.2) is 0 Å². The number of allylic oxidation sites excluding steroid dienone is 1. The van der Waals surface area contributed by atoms with Gasteiger partial charge in [-0.2, -0.15) is 0 Å². The molecule has 2 heterocycles. The summed E-state index contributed by atoms with van der Waals surface area (Å²) in [6.45, 7) is 5.07. The van der Waals surface area contributed by atoms with Crippen molar-refractivity contribution in [1.82, 2.24) is 15.5 Å². The fourth-order valence-electron chi connectivity index (χ4n) is 4.20. The summed E-state index contributed by atoms with van der Waals surface area (Å²) in [5.41, 5.74) is 7.12. The van der Waals surface area contributed by atoms with Crippen molar-refractivity contribution in [2.45, 2.75) is 70.6 Å². The molecular formula is C20H34N6O2. The zero-order chi connectivity index (χ0) is 20.1. The van der Waals surface area contributed by atoms with Crippen molar-refractivity contribution in [3.63, 3.8) is 0 Å². The quantitative estimate of drug-likeness (QED) is 0.422. The Kier molecular flexibility index (Phi) is 6.96. The van der Waals surface area contributed by atoms with Crippen LogP contribution in [0.4, 0.5) is 0 Å². The Morgan fingerprint density at radius 1 is 1.36 bits per heavy atom. The topological polar surface area (TPSA) is 108 Å². The number of rotatable bonds is 5. The maximum Gasteiger partial charge on any atom is 0.239 e. The van der Waals surface area contributed by atoms with E-state index in [1.807, 2.05) is 11.8 Å². The van der Waals surface area contributed by atoms with Gasteiger partial charge in [-0.1, -0.05) is 24.4 Å². The first-order chi connectivity index (χ1) is 13.5. The highest BCUT2D eigenvalue weighted by Gasteiger charge is 2.33. The van der Waals surface area contributed by atoms with Gasteiger partial charge in [-0.3, -0.25) is 5.41 Å². The fraction of sp³-hybridized carbons (Fsp3) is 0.700. The lowest BCUT2D eigenvalue weighted by Crippen LogP contribution is -2.57. The molecule has 2 fully saturated rings. The van der Waals surface area contributed by atoms with Crippen molar-refractivity contribution in [2.24, 2.45) is 10.9 Å². The van der Waals surface area contributed by atoms with Crippen molar-refractivity contribution >= 4 is 11.7 Å². The molecule has 0 amide bonds. The Morgan fingerprint density at radius 2 is 2.11 bits per heavy atom. The van der Waals surface area contributed by atoms with E-state index < -0.39 is 0 Å². The second-order valence-electron chi connectivity index (χ2n) is 7.99. The van der Waals surface area contributed by atoms with E-state index in [4.69, 9.17) is 20.7 Å². The highest BCUT2D eigenvalue weighted by atomic mass is 16.7. The number of hydrogen-bond donors (Lipinski definition) is 4. The first kappa shape index (κ1) is 20.7. The molecule has 156 valence electrons. The third kappa shape index (κ3) is 5.05. The maximum absolute atomic E-state index is 8.77. The van der Waals surface area contributed by atoms with Crippen LogP contribution >= 0.6 is 0 Å². The maximum atomic E-state index is 8.77. The lowest BCUT2D eigenvalue weighted by molar-refractivity contribution is 0.0203. The Hall–Kier alpha value is -2.06. The van der Waals surface area contributed by atoms with E-state index in [0.717, 1.165) is 13.0 Å². The summed E-state index contributed by atoms with van der Waals surface area (Å²) >= 11 is 0. The molecule has 0 radical (unpaired) electrons. The molecule has 5 N–H and O–H groups in total. The Bertz CT molecular complexity index is 662. The molecule has 8 nitrogen and oxygen atoms in total. The van der Waals surface area contributed by atoms with Gasteiger partial charge in [0.25, 0.3) is 0 Å². The molecule has 3 rings (SSSR count). The number of nitrogens with two attached hydrogens (primary N) is 1. The Balaban J connectivity index is 1.68. The molecule has 0 spiro atoms. The Labute approximate surface area is 167 Å². The minimum atomic E-state index is 0.0423. The molecule has 2 atom stereocenters. The molecular weight excluding hydrogens is 356 g/mol. The normalized spacial score (nSPS) is 28.5. The first-order valence-corrected chi connectivity index (χ1v) is 10.3. The van der Waals surface area contributed by atoms with Crippen molar-refractivity contribution < 1.29 is 9.57 Å². The van der Waals surface area contributed by atoms with E-state index in [1.54, 1.807) is 20.1 Å². The number of nitrogens with one attached hydrogen (secondary N) is 3.